The summed E-state index contributed by atoms with van der Waals surface area (Å²) in [5, 5.41) is 41.1. The van der Waals surface area contributed by atoms with Crippen molar-refractivity contribution in [2.75, 3.05) is 19.8 Å². The van der Waals surface area contributed by atoms with Gasteiger partial charge in [-0.05, 0) is 115 Å². The normalized spacial score (nSPS) is 11.6. The molecule has 66 heavy (non-hydrogen) atoms. The van der Waals surface area contributed by atoms with Crippen LogP contribution in [-0.4, -0.2) is 65.1 Å². The molecule has 7 aromatic rings. The molecule has 0 amide bonds. The number of aromatic nitrogens is 6. The van der Waals surface area contributed by atoms with E-state index in [-0.39, 0.29) is 39.7 Å². The Labute approximate surface area is 389 Å². The molecule has 2 aromatic heterocycles. The van der Waals surface area contributed by atoms with Crippen LogP contribution in [-0.2, 0) is 5.41 Å². The quantitative estimate of drug-likeness (QED) is 0.0704. The highest BCUT2D eigenvalue weighted by Crippen LogP contribution is 2.40. The number of rotatable bonds is 18. The van der Waals surface area contributed by atoms with Crippen LogP contribution >= 0.6 is 0 Å². The number of hydrogen-bond donors (Lipinski definition) is 3. The van der Waals surface area contributed by atoms with Crippen molar-refractivity contribution >= 4 is 11.0 Å². The smallest absolute Gasteiger partial charge is 0.167 e. The summed E-state index contributed by atoms with van der Waals surface area (Å²) in [5.41, 5.74) is 6.08. The minimum absolute atomic E-state index is 0.00667. The Morgan fingerprint density at radius 2 is 1.03 bits per heavy atom. The lowest BCUT2D eigenvalue weighted by molar-refractivity contribution is 0.284. The number of ether oxygens (including phenoxy) is 3. The zero-order valence-corrected chi connectivity index (χ0v) is 40.1. The predicted octanol–water partition coefficient (Wildman–Crippen LogP) is 13.0. The number of aromatic hydroxyl groups is 3. The summed E-state index contributed by atoms with van der Waals surface area (Å²) in [4.78, 5) is 15.8. The van der Waals surface area contributed by atoms with E-state index in [0.29, 0.717) is 65.3 Å². The molecule has 3 N–H and O–H groups in total. The second-order valence-electron chi connectivity index (χ2n) is 18.6. The van der Waals surface area contributed by atoms with Gasteiger partial charge in [-0.3, -0.25) is 0 Å². The Hall–Kier alpha value is -6.69. The summed E-state index contributed by atoms with van der Waals surface area (Å²) in [6.45, 7) is 21.2. The largest absolute Gasteiger partial charge is 0.507 e. The lowest BCUT2D eigenvalue weighted by Crippen LogP contribution is -2.25. The highest BCUT2D eigenvalue weighted by molar-refractivity contribution is 5.75. The van der Waals surface area contributed by atoms with Crippen molar-refractivity contribution in [3.63, 3.8) is 0 Å². The minimum atomic E-state index is -0.0145. The van der Waals surface area contributed by atoms with Gasteiger partial charge in [-0.15, -0.1) is 15.0 Å². The van der Waals surface area contributed by atoms with Crippen molar-refractivity contribution in [2.45, 2.75) is 113 Å². The first-order valence-corrected chi connectivity index (χ1v) is 23.2. The Balaban J connectivity index is 0.000000253. The van der Waals surface area contributed by atoms with Gasteiger partial charge in [0.05, 0.1) is 36.5 Å². The van der Waals surface area contributed by atoms with Crippen LogP contribution < -0.4 is 14.2 Å². The maximum atomic E-state index is 11.0. The van der Waals surface area contributed by atoms with Crippen LogP contribution in [0.1, 0.15) is 111 Å². The van der Waals surface area contributed by atoms with Crippen molar-refractivity contribution < 1.29 is 29.5 Å². The third-order valence-electron chi connectivity index (χ3n) is 11.0. The van der Waals surface area contributed by atoms with Crippen LogP contribution in [0.3, 0.4) is 0 Å². The SMILES string of the molecule is CC(C)(C)CC(C)(C)c1ccc(O)c(-n2nc3ccccc3n2)c1.CCCCOc1ccc(-c2nc(-c3ccc(C)cc3O)nc(-c3ccc(OCCCC)cc3OCCCC)n2)c(O)c1. The van der Waals surface area contributed by atoms with E-state index in [1.807, 2.05) is 67.6 Å². The number of benzene rings is 5. The number of hydrogen-bond acceptors (Lipinski definition) is 11. The molecule has 0 aliphatic heterocycles. The Morgan fingerprint density at radius 3 is 1.56 bits per heavy atom. The van der Waals surface area contributed by atoms with E-state index in [1.54, 1.807) is 36.4 Å². The zero-order valence-electron chi connectivity index (χ0n) is 40.1. The molecule has 0 spiro atoms. The number of nitrogens with zero attached hydrogens (tertiary/aromatic N) is 6. The molecule has 0 atom stereocenters. The van der Waals surface area contributed by atoms with Gasteiger partial charge in [-0.1, -0.05) is 98.9 Å². The molecule has 2 heterocycles. The molecule has 0 saturated carbocycles. The molecular weight excluding hydrogens is 829 g/mol. The monoisotopic (exact) mass is 895 g/mol. The highest BCUT2D eigenvalue weighted by Gasteiger charge is 2.28. The second-order valence-corrected chi connectivity index (χ2v) is 18.6. The van der Waals surface area contributed by atoms with Crippen LogP contribution in [0.4, 0.5) is 0 Å². The summed E-state index contributed by atoms with van der Waals surface area (Å²) in [7, 11) is 0. The van der Waals surface area contributed by atoms with Crippen molar-refractivity contribution in [3.8, 4) is 74.3 Å². The van der Waals surface area contributed by atoms with Crippen LogP contribution in [0.2, 0.25) is 0 Å². The van der Waals surface area contributed by atoms with Crippen molar-refractivity contribution in [2.24, 2.45) is 5.41 Å². The number of aryl methyl sites for hydroxylation is 1. The minimum Gasteiger partial charge on any atom is -0.507 e. The van der Waals surface area contributed by atoms with Gasteiger partial charge in [0, 0.05) is 12.1 Å². The molecule has 5 aromatic carbocycles. The fourth-order valence-corrected chi connectivity index (χ4v) is 7.75. The number of fused-ring (bicyclic) bond motifs is 1. The van der Waals surface area contributed by atoms with E-state index in [2.05, 4.69) is 70.6 Å². The third-order valence-corrected chi connectivity index (χ3v) is 11.0. The Morgan fingerprint density at radius 1 is 0.530 bits per heavy atom. The molecule has 0 unspecified atom stereocenters. The van der Waals surface area contributed by atoms with Crippen LogP contribution in [0.15, 0.2) is 97.1 Å². The maximum absolute atomic E-state index is 11.0. The summed E-state index contributed by atoms with van der Waals surface area (Å²) < 4.78 is 17.9. The number of phenols is 3. The molecule has 7 rings (SSSR count). The van der Waals surface area contributed by atoms with Gasteiger partial charge in [0.25, 0.3) is 0 Å². The van der Waals surface area contributed by atoms with E-state index in [9.17, 15) is 15.3 Å². The van der Waals surface area contributed by atoms with Crippen LogP contribution in [0.25, 0.3) is 50.9 Å². The van der Waals surface area contributed by atoms with Gasteiger partial charge in [0.1, 0.15) is 51.2 Å². The summed E-state index contributed by atoms with van der Waals surface area (Å²) >= 11 is 0. The van der Waals surface area contributed by atoms with Crippen LogP contribution in [0.5, 0.6) is 34.5 Å². The Bertz CT molecular complexity index is 2670. The van der Waals surface area contributed by atoms with E-state index in [4.69, 9.17) is 24.2 Å². The highest BCUT2D eigenvalue weighted by atomic mass is 16.5. The van der Waals surface area contributed by atoms with E-state index in [0.717, 1.165) is 61.5 Å². The van der Waals surface area contributed by atoms with Gasteiger partial charge in [0.2, 0.25) is 0 Å². The molecule has 0 bridgehead atoms. The van der Waals surface area contributed by atoms with Gasteiger partial charge in [0.15, 0.2) is 17.5 Å². The average molecular weight is 895 g/mol. The lowest BCUT2D eigenvalue weighted by atomic mass is 9.72. The number of phenolic OH excluding ortho intramolecular Hbond substituents is 3. The van der Waals surface area contributed by atoms with Gasteiger partial charge in [-0.25, -0.2) is 15.0 Å². The van der Waals surface area contributed by atoms with E-state index < -0.39 is 0 Å². The molecule has 0 radical (unpaired) electrons. The van der Waals surface area contributed by atoms with Gasteiger partial charge in [-0.2, -0.15) is 0 Å². The molecule has 0 fully saturated rings. The molecular formula is C54H66N6O6. The molecule has 12 heteroatoms. The van der Waals surface area contributed by atoms with Crippen molar-refractivity contribution in [1.29, 1.82) is 0 Å². The van der Waals surface area contributed by atoms with Gasteiger partial charge < -0.3 is 29.5 Å². The summed E-state index contributed by atoms with van der Waals surface area (Å²) in [5.74, 6) is 2.99. The standard InChI is InChI=1S/C34H41N3O5.C20H25N3O/c1-5-8-17-40-24-12-15-27(30(39)21-24)33-35-32(26-14-11-23(4)20-29(26)38)36-34(37-33)28-16-13-25(41-18-9-6-2)22-31(28)42-19-10-7-3;1-19(2,3)13-20(4,5)14-10-11-18(24)17(12-14)23-21-15-8-6-7-9-16(15)22-23/h11-16,20-22,38-39H,5-10,17-19H2,1-4H3;6-12,24H,13H2,1-5H3. The first-order chi connectivity index (χ1) is 31.6. The van der Waals surface area contributed by atoms with E-state index >= 15 is 0 Å². The van der Waals surface area contributed by atoms with Crippen molar-refractivity contribution in [1.82, 2.24) is 29.9 Å². The summed E-state index contributed by atoms with van der Waals surface area (Å²) in [6.07, 6.45) is 6.87. The fourth-order valence-electron chi connectivity index (χ4n) is 7.75. The van der Waals surface area contributed by atoms with Crippen molar-refractivity contribution in [3.05, 3.63) is 108 Å². The Kier molecular flexibility index (Phi) is 16.3. The maximum Gasteiger partial charge on any atom is 0.167 e. The molecule has 12 nitrogen and oxygen atoms in total. The second kappa shape index (κ2) is 22.0. The molecule has 0 saturated heterocycles. The summed E-state index contributed by atoms with van der Waals surface area (Å²) in [6, 6.07) is 29.5. The molecule has 0 aliphatic carbocycles. The predicted molar refractivity (Wildman–Crippen MR) is 263 cm³/mol. The van der Waals surface area contributed by atoms with Gasteiger partial charge >= 0.3 is 0 Å². The third kappa shape index (κ3) is 12.8. The lowest BCUT2D eigenvalue weighted by Gasteiger charge is -2.33. The average Bonchev–Trinajstić information content (AvgIpc) is 3.71. The van der Waals surface area contributed by atoms with Crippen LogP contribution in [0, 0.1) is 12.3 Å². The zero-order chi connectivity index (χ0) is 47.4. The fraction of sp³-hybridized carbons (Fsp3) is 0.389. The number of unbranched alkanes of at least 4 members (excludes halogenated alkanes) is 3. The molecule has 0 aliphatic rings. The molecule has 348 valence electrons. The topological polar surface area (TPSA) is 158 Å². The van der Waals surface area contributed by atoms with E-state index in [1.165, 1.54) is 10.4 Å². The first kappa shape index (κ1) is 48.8. The first-order valence-electron chi connectivity index (χ1n) is 23.2.